The molecule has 3 N–H and O–H groups in total. The maximum atomic E-state index is 11.3. The van der Waals surface area contributed by atoms with Crippen LogP contribution in [0.15, 0.2) is 0 Å². The number of nitrogens with one attached hydrogen (secondary N) is 2. The Bertz CT molecular complexity index is 215. The van der Waals surface area contributed by atoms with Crippen molar-refractivity contribution >= 4 is 11.8 Å². The van der Waals surface area contributed by atoms with E-state index in [0.29, 0.717) is 12.8 Å². The van der Waals surface area contributed by atoms with Gasteiger partial charge < -0.3 is 15.7 Å². The van der Waals surface area contributed by atoms with E-state index in [4.69, 9.17) is 5.11 Å². The van der Waals surface area contributed by atoms with Gasteiger partial charge in [-0.25, -0.2) is 0 Å². The number of hydrogen-bond acceptors (Lipinski definition) is 3. The third-order valence-electron chi connectivity index (χ3n) is 1.88. The molecule has 5 nitrogen and oxygen atoms in total. The van der Waals surface area contributed by atoms with Gasteiger partial charge in [0.15, 0.2) is 0 Å². The Morgan fingerprint density at radius 2 is 2.54 bits per heavy atom. The lowest BCUT2D eigenvalue weighted by atomic mass is 10.2. The van der Waals surface area contributed by atoms with Crippen LogP contribution in [0, 0.1) is 0 Å². The van der Waals surface area contributed by atoms with E-state index in [-0.39, 0.29) is 18.4 Å². The Balaban J connectivity index is 2.27. The van der Waals surface area contributed by atoms with Gasteiger partial charge in [0.05, 0.1) is 6.10 Å². The summed E-state index contributed by atoms with van der Waals surface area (Å²) in [7, 11) is 0. The number of hydrogen-bond donors (Lipinski definition) is 3. The molecule has 0 aliphatic carbocycles. The summed E-state index contributed by atoms with van der Waals surface area (Å²) < 4.78 is 0. The maximum Gasteiger partial charge on any atom is 0.242 e. The van der Waals surface area contributed by atoms with E-state index >= 15 is 0 Å². The van der Waals surface area contributed by atoms with Gasteiger partial charge in [-0.05, 0) is 13.3 Å². The third kappa shape index (κ3) is 3.02. The van der Waals surface area contributed by atoms with Crippen LogP contribution in [0.3, 0.4) is 0 Å². The van der Waals surface area contributed by atoms with Gasteiger partial charge in [-0.1, -0.05) is 0 Å². The van der Waals surface area contributed by atoms with Gasteiger partial charge in [-0.2, -0.15) is 0 Å². The highest BCUT2D eigenvalue weighted by Crippen LogP contribution is 2.05. The quantitative estimate of drug-likeness (QED) is 0.516. The van der Waals surface area contributed by atoms with Crippen LogP contribution in [-0.4, -0.2) is 35.6 Å². The zero-order valence-electron chi connectivity index (χ0n) is 7.54. The van der Waals surface area contributed by atoms with Gasteiger partial charge in [-0.3, -0.25) is 9.59 Å². The predicted molar refractivity (Wildman–Crippen MR) is 45.9 cm³/mol. The fourth-order valence-corrected chi connectivity index (χ4v) is 1.18. The van der Waals surface area contributed by atoms with E-state index in [0.717, 1.165) is 0 Å². The smallest absolute Gasteiger partial charge is 0.242 e. The molecule has 0 saturated carbocycles. The molecular formula is C8H14N2O3. The lowest BCUT2D eigenvalue weighted by Gasteiger charge is -2.11. The summed E-state index contributed by atoms with van der Waals surface area (Å²) in [6.45, 7) is 1.82. The van der Waals surface area contributed by atoms with Crippen LogP contribution < -0.4 is 10.6 Å². The lowest BCUT2D eigenvalue weighted by molar-refractivity contribution is -0.126. The molecule has 1 fully saturated rings. The highest BCUT2D eigenvalue weighted by Gasteiger charge is 2.26. The Kier molecular flexibility index (Phi) is 3.25. The van der Waals surface area contributed by atoms with Crippen molar-refractivity contribution in [3.05, 3.63) is 0 Å². The first-order valence-electron chi connectivity index (χ1n) is 4.34. The van der Waals surface area contributed by atoms with Crippen molar-refractivity contribution in [3.63, 3.8) is 0 Å². The van der Waals surface area contributed by atoms with Gasteiger partial charge in [0.2, 0.25) is 11.8 Å². The zero-order valence-corrected chi connectivity index (χ0v) is 7.54. The number of amides is 2. The Morgan fingerprint density at radius 1 is 1.85 bits per heavy atom. The molecule has 0 radical (unpaired) electrons. The second-order valence-corrected chi connectivity index (χ2v) is 3.25. The topological polar surface area (TPSA) is 78.4 Å². The molecule has 74 valence electrons. The van der Waals surface area contributed by atoms with Crippen LogP contribution in [0.25, 0.3) is 0 Å². The molecule has 2 atom stereocenters. The van der Waals surface area contributed by atoms with E-state index < -0.39 is 12.1 Å². The molecule has 5 heteroatoms. The molecule has 1 rings (SSSR count). The van der Waals surface area contributed by atoms with Crippen molar-refractivity contribution in [3.8, 4) is 0 Å². The second kappa shape index (κ2) is 4.23. The van der Waals surface area contributed by atoms with Crippen LogP contribution in [0.2, 0.25) is 0 Å². The molecule has 0 aromatic rings. The monoisotopic (exact) mass is 186 g/mol. The summed E-state index contributed by atoms with van der Waals surface area (Å²) >= 11 is 0. The number of carbonyl (C=O) groups excluding carboxylic acids is 2. The first-order chi connectivity index (χ1) is 6.09. The van der Waals surface area contributed by atoms with Gasteiger partial charge in [-0.15, -0.1) is 0 Å². The van der Waals surface area contributed by atoms with Crippen molar-refractivity contribution < 1.29 is 14.7 Å². The first kappa shape index (κ1) is 9.98. The van der Waals surface area contributed by atoms with Crippen molar-refractivity contribution in [1.82, 2.24) is 10.6 Å². The standard InChI is InChI=1S/C8H14N2O3/c1-5(11)4-9-8(13)6-2-3-7(12)10-6/h5-6,11H,2-4H2,1H3,(H,9,13)(H,10,12)/t5-,6-/m0/s1. The number of rotatable bonds is 3. The molecule has 0 spiro atoms. The van der Waals surface area contributed by atoms with Gasteiger partial charge in [0.25, 0.3) is 0 Å². The zero-order chi connectivity index (χ0) is 9.84. The minimum atomic E-state index is -0.555. The molecule has 0 unspecified atom stereocenters. The van der Waals surface area contributed by atoms with Crippen molar-refractivity contribution in [1.29, 1.82) is 0 Å². The lowest BCUT2D eigenvalue weighted by Crippen LogP contribution is -2.43. The first-order valence-corrected chi connectivity index (χ1v) is 4.34. The Labute approximate surface area is 76.5 Å². The van der Waals surface area contributed by atoms with Gasteiger partial charge >= 0.3 is 0 Å². The Morgan fingerprint density at radius 3 is 3.00 bits per heavy atom. The molecular weight excluding hydrogens is 172 g/mol. The molecule has 0 aromatic carbocycles. The largest absolute Gasteiger partial charge is 0.392 e. The molecule has 0 aromatic heterocycles. The SMILES string of the molecule is C[C@H](O)CNC(=O)[C@@H]1CCC(=O)N1. The molecule has 1 saturated heterocycles. The molecule has 1 heterocycles. The van der Waals surface area contributed by atoms with Crippen LogP contribution in [0.5, 0.6) is 0 Å². The van der Waals surface area contributed by atoms with Crippen LogP contribution >= 0.6 is 0 Å². The van der Waals surface area contributed by atoms with Crippen molar-refractivity contribution in [2.45, 2.75) is 31.9 Å². The minimum Gasteiger partial charge on any atom is -0.392 e. The molecule has 1 aliphatic rings. The highest BCUT2D eigenvalue weighted by atomic mass is 16.3. The van der Waals surface area contributed by atoms with E-state index in [1.165, 1.54) is 0 Å². The van der Waals surface area contributed by atoms with E-state index in [9.17, 15) is 9.59 Å². The van der Waals surface area contributed by atoms with Crippen LogP contribution in [0.1, 0.15) is 19.8 Å². The average Bonchev–Trinajstić information content (AvgIpc) is 2.47. The van der Waals surface area contributed by atoms with Gasteiger partial charge in [0.1, 0.15) is 6.04 Å². The third-order valence-corrected chi connectivity index (χ3v) is 1.88. The summed E-state index contributed by atoms with van der Waals surface area (Å²) in [6, 6.07) is -0.411. The highest BCUT2D eigenvalue weighted by molar-refractivity contribution is 5.90. The van der Waals surface area contributed by atoms with Crippen LogP contribution in [-0.2, 0) is 9.59 Å². The summed E-state index contributed by atoms with van der Waals surface area (Å²) in [4.78, 5) is 22.0. The second-order valence-electron chi connectivity index (χ2n) is 3.25. The fraction of sp³-hybridized carbons (Fsp3) is 0.750. The normalized spacial score (nSPS) is 23.8. The van der Waals surface area contributed by atoms with E-state index in [1.54, 1.807) is 6.92 Å². The minimum absolute atomic E-state index is 0.0859. The number of aliphatic hydroxyl groups excluding tert-OH is 1. The molecule has 0 bridgehead atoms. The van der Waals surface area contributed by atoms with Crippen molar-refractivity contribution in [2.75, 3.05) is 6.54 Å². The number of aliphatic hydroxyl groups is 1. The maximum absolute atomic E-state index is 11.3. The Hall–Kier alpha value is -1.10. The fourth-order valence-electron chi connectivity index (χ4n) is 1.18. The number of carbonyl (C=O) groups is 2. The molecule has 13 heavy (non-hydrogen) atoms. The molecule has 2 amide bonds. The predicted octanol–water partition coefficient (Wildman–Crippen LogP) is -1.24. The van der Waals surface area contributed by atoms with E-state index in [2.05, 4.69) is 10.6 Å². The summed E-state index contributed by atoms with van der Waals surface area (Å²) in [6.07, 6.45) is 0.401. The van der Waals surface area contributed by atoms with Crippen molar-refractivity contribution in [2.24, 2.45) is 0 Å². The van der Waals surface area contributed by atoms with E-state index in [1.807, 2.05) is 0 Å². The molecule has 1 aliphatic heterocycles. The van der Waals surface area contributed by atoms with Crippen LogP contribution in [0.4, 0.5) is 0 Å². The van der Waals surface area contributed by atoms with Gasteiger partial charge in [0, 0.05) is 13.0 Å². The summed E-state index contributed by atoms with van der Waals surface area (Å²) in [5.41, 5.74) is 0. The summed E-state index contributed by atoms with van der Waals surface area (Å²) in [5, 5.41) is 14.0. The average molecular weight is 186 g/mol. The summed E-state index contributed by atoms with van der Waals surface area (Å²) in [5.74, 6) is -0.302.